The van der Waals surface area contributed by atoms with Gasteiger partial charge in [-0.3, -0.25) is 4.79 Å². The molecule has 1 saturated carbocycles. The molecule has 92 valence electrons. The quantitative estimate of drug-likeness (QED) is 0.865. The predicted molar refractivity (Wildman–Crippen MR) is 68.8 cm³/mol. The Morgan fingerprint density at radius 2 is 2.29 bits per heavy atom. The standard InChI is InChI=1S/C13H17ClN2O/c1-2-11(9-4-3-5-10(14)8-9)16-12(17)13(15)6-7-13/h3-5,8,11H,2,6-7,15H2,1H3,(H,16,17). The molecule has 3 nitrogen and oxygen atoms in total. The average molecular weight is 253 g/mol. The molecule has 0 bridgehead atoms. The van der Waals surface area contributed by atoms with Crippen molar-refractivity contribution in [2.75, 3.05) is 0 Å². The first-order chi connectivity index (χ1) is 8.05. The lowest BCUT2D eigenvalue weighted by molar-refractivity contribution is -0.124. The van der Waals surface area contributed by atoms with Crippen LogP contribution in [0.15, 0.2) is 24.3 Å². The fraction of sp³-hybridized carbons (Fsp3) is 0.462. The summed E-state index contributed by atoms with van der Waals surface area (Å²) in [6.07, 6.45) is 2.39. The van der Waals surface area contributed by atoms with Crippen molar-refractivity contribution in [3.8, 4) is 0 Å². The first-order valence-corrected chi connectivity index (χ1v) is 6.28. The van der Waals surface area contributed by atoms with Crippen LogP contribution in [-0.2, 0) is 4.79 Å². The number of hydrogen-bond donors (Lipinski definition) is 2. The minimum Gasteiger partial charge on any atom is -0.348 e. The van der Waals surface area contributed by atoms with Gasteiger partial charge in [0, 0.05) is 5.02 Å². The third-order valence-electron chi connectivity index (χ3n) is 3.21. The lowest BCUT2D eigenvalue weighted by Crippen LogP contribution is -2.44. The van der Waals surface area contributed by atoms with Gasteiger partial charge >= 0.3 is 0 Å². The van der Waals surface area contributed by atoms with Gasteiger partial charge in [0.05, 0.1) is 11.6 Å². The average Bonchev–Trinajstić information content (AvgIpc) is 3.05. The molecular formula is C13H17ClN2O. The first kappa shape index (κ1) is 12.4. The molecule has 0 spiro atoms. The highest BCUT2D eigenvalue weighted by Gasteiger charge is 2.46. The number of hydrogen-bond acceptors (Lipinski definition) is 2. The summed E-state index contributed by atoms with van der Waals surface area (Å²) in [5, 5.41) is 3.67. The van der Waals surface area contributed by atoms with Gasteiger partial charge in [0.1, 0.15) is 0 Å². The van der Waals surface area contributed by atoms with Gasteiger partial charge in [0.2, 0.25) is 5.91 Å². The third-order valence-corrected chi connectivity index (χ3v) is 3.44. The highest BCUT2D eigenvalue weighted by molar-refractivity contribution is 6.30. The Morgan fingerprint density at radius 3 is 2.82 bits per heavy atom. The smallest absolute Gasteiger partial charge is 0.240 e. The monoisotopic (exact) mass is 252 g/mol. The summed E-state index contributed by atoms with van der Waals surface area (Å²) in [7, 11) is 0. The molecule has 1 atom stereocenters. The minimum absolute atomic E-state index is 0.0118. The van der Waals surface area contributed by atoms with Gasteiger partial charge in [-0.1, -0.05) is 30.7 Å². The lowest BCUT2D eigenvalue weighted by atomic mass is 10.0. The fourth-order valence-corrected chi connectivity index (χ4v) is 2.01. The molecule has 2 rings (SSSR count). The Hall–Kier alpha value is -1.06. The summed E-state index contributed by atoms with van der Waals surface area (Å²) in [4.78, 5) is 11.9. The highest BCUT2D eigenvalue weighted by atomic mass is 35.5. The predicted octanol–water partition coefficient (Wildman–Crippen LogP) is 2.40. The van der Waals surface area contributed by atoms with E-state index in [2.05, 4.69) is 5.32 Å². The molecule has 3 N–H and O–H groups in total. The van der Waals surface area contributed by atoms with Crippen LogP contribution in [-0.4, -0.2) is 11.4 Å². The van der Waals surface area contributed by atoms with E-state index in [0.717, 1.165) is 24.8 Å². The zero-order valence-corrected chi connectivity index (χ0v) is 10.6. The number of halogens is 1. The fourth-order valence-electron chi connectivity index (χ4n) is 1.81. The number of nitrogens with two attached hydrogens (primary N) is 1. The second-order valence-electron chi connectivity index (χ2n) is 4.65. The van der Waals surface area contributed by atoms with E-state index in [1.807, 2.05) is 31.2 Å². The summed E-state index contributed by atoms with van der Waals surface area (Å²) >= 11 is 5.95. The third kappa shape index (κ3) is 2.79. The molecule has 1 amide bonds. The van der Waals surface area contributed by atoms with E-state index in [0.29, 0.717) is 5.02 Å². The van der Waals surface area contributed by atoms with Crippen molar-refractivity contribution < 1.29 is 4.79 Å². The Morgan fingerprint density at radius 1 is 1.59 bits per heavy atom. The Labute approximate surface area is 106 Å². The number of carbonyl (C=O) groups is 1. The molecule has 1 aliphatic carbocycles. The summed E-state index contributed by atoms with van der Waals surface area (Å²) in [5.74, 6) is -0.0516. The van der Waals surface area contributed by atoms with Gasteiger partial charge in [-0.25, -0.2) is 0 Å². The maximum atomic E-state index is 11.9. The van der Waals surface area contributed by atoms with Crippen molar-refractivity contribution in [2.45, 2.75) is 37.8 Å². The number of rotatable bonds is 4. The first-order valence-electron chi connectivity index (χ1n) is 5.90. The number of nitrogens with one attached hydrogen (secondary N) is 1. The van der Waals surface area contributed by atoms with Gasteiger partial charge in [-0.05, 0) is 37.0 Å². The van der Waals surface area contributed by atoms with Gasteiger partial charge in [0.25, 0.3) is 0 Å². The Bertz CT molecular complexity index is 429. The topological polar surface area (TPSA) is 55.1 Å². The van der Waals surface area contributed by atoms with Crippen molar-refractivity contribution in [3.05, 3.63) is 34.9 Å². The van der Waals surface area contributed by atoms with Crippen molar-refractivity contribution in [3.63, 3.8) is 0 Å². The van der Waals surface area contributed by atoms with Gasteiger partial charge in [-0.15, -0.1) is 0 Å². The van der Waals surface area contributed by atoms with Crippen LogP contribution in [0.3, 0.4) is 0 Å². The van der Waals surface area contributed by atoms with Crippen LogP contribution in [0, 0.1) is 0 Å². The van der Waals surface area contributed by atoms with E-state index in [1.165, 1.54) is 0 Å². The molecule has 0 radical (unpaired) electrons. The van der Waals surface area contributed by atoms with Crippen LogP contribution in [0.5, 0.6) is 0 Å². The van der Waals surface area contributed by atoms with E-state index in [4.69, 9.17) is 17.3 Å². The van der Waals surface area contributed by atoms with Crippen LogP contribution in [0.1, 0.15) is 37.8 Å². The molecule has 17 heavy (non-hydrogen) atoms. The van der Waals surface area contributed by atoms with Crippen LogP contribution in [0.2, 0.25) is 5.02 Å². The Balaban J connectivity index is 2.09. The molecule has 1 unspecified atom stereocenters. The Kier molecular flexibility index (Phi) is 3.40. The molecule has 0 aromatic heterocycles. The van der Waals surface area contributed by atoms with Crippen molar-refractivity contribution in [1.82, 2.24) is 5.32 Å². The number of amides is 1. The van der Waals surface area contributed by atoms with Crippen LogP contribution < -0.4 is 11.1 Å². The number of carbonyl (C=O) groups excluding carboxylic acids is 1. The second-order valence-corrected chi connectivity index (χ2v) is 5.08. The van der Waals surface area contributed by atoms with Gasteiger partial charge in [-0.2, -0.15) is 0 Å². The largest absolute Gasteiger partial charge is 0.348 e. The summed E-state index contributed by atoms with van der Waals surface area (Å²) in [6.45, 7) is 2.03. The zero-order valence-electron chi connectivity index (χ0n) is 9.87. The van der Waals surface area contributed by atoms with Crippen molar-refractivity contribution in [2.24, 2.45) is 5.73 Å². The molecular weight excluding hydrogens is 236 g/mol. The van der Waals surface area contributed by atoms with E-state index < -0.39 is 5.54 Å². The molecule has 1 aromatic carbocycles. The van der Waals surface area contributed by atoms with Crippen LogP contribution >= 0.6 is 11.6 Å². The van der Waals surface area contributed by atoms with E-state index in [-0.39, 0.29) is 11.9 Å². The van der Waals surface area contributed by atoms with Gasteiger partial charge in [0.15, 0.2) is 0 Å². The molecule has 0 aliphatic heterocycles. The molecule has 0 saturated heterocycles. The van der Waals surface area contributed by atoms with E-state index in [9.17, 15) is 4.79 Å². The summed E-state index contributed by atoms with van der Waals surface area (Å²) in [6, 6.07) is 7.55. The molecule has 1 aromatic rings. The van der Waals surface area contributed by atoms with Crippen LogP contribution in [0.25, 0.3) is 0 Å². The molecule has 4 heteroatoms. The molecule has 1 fully saturated rings. The second kappa shape index (κ2) is 4.67. The lowest BCUT2D eigenvalue weighted by Gasteiger charge is -2.20. The SMILES string of the molecule is CCC(NC(=O)C1(N)CC1)c1cccc(Cl)c1. The van der Waals surface area contributed by atoms with Crippen LogP contribution in [0.4, 0.5) is 0 Å². The maximum Gasteiger partial charge on any atom is 0.240 e. The number of benzene rings is 1. The van der Waals surface area contributed by atoms with Crippen molar-refractivity contribution in [1.29, 1.82) is 0 Å². The summed E-state index contributed by atoms with van der Waals surface area (Å²) in [5.41, 5.74) is 6.27. The summed E-state index contributed by atoms with van der Waals surface area (Å²) < 4.78 is 0. The minimum atomic E-state index is -0.619. The zero-order chi connectivity index (χ0) is 12.5. The van der Waals surface area contributed by atoms with Gasteiger partial charge < -0.3 is 11.1 Å². The molecule has 1 aliphatic rings. The molecule has 0 heterocycles. The van der Waals surface area contributed by atoms with Crippen molar-refractivity contribution >= 4 is 17.5 Å². The normalized spacial score (nSPS) is 18.5. The highest BCUT2D eigenvalue weighted by Crippen LogP contribution is 2.33. The maximum absolute atomic E-state index is 11.9. The van der Waals surface area contributed by atoms with E-state index >= 15 is 0 Å². The van der Waals surface area contributed by atoms with E-state index in [1.54, 1.807) is 0 Å².